The van der Waals surface area contributed by atoms with E-state index in [1.165, 1.54) is 54.7 Å². The topological polar surface area (TPSA) is 33.6 Å². The maximum absolute atomic E-state index is 9.60. The number of allylic oxidation sites excluding steroid dienone is 4. The number of aromatic nitrogens is 2. The molecule has 3 heteroatoms. The largest absolute Gasteiger partial charge is 0.333 e. The Bertz CT molecular complexity index is 2200. The Balaban J connectivity index is 1.39. The summed E-state index contributed by atoms with van der Waals surface area (Å²) in [5.41, 5.74) is 9.21. The minimum absolute atomic E-state index is 0.101. The Kier molecular flexibility index (Phi) is 5.02. The van der Waals surface area contributed by atoms with Crippen LogP contribution in [0.15, 0.2) is 139 Å². The lowest BCUT2D eigenvalue weighted by atomic mass is 9.97. The van der Waals surface area contributed by atoms with Crippen molar-refractivity contribution in [3.63, 3.8) is 0 Å². The first kappa shape index (κ1) is 22.6. The second kappa shape index (κ2) is 8.86. The van der Waals surface area contributed by atoms with E-state index in [1.807, 2.05) is 12.2 Å². The molecule has 0 amide bonds. The summed E-state index contributed by atoms with van der Waals surface area (Å²) < 4.78 is 4.77. The Morgan fingerprint density at radius 2 is 1.38 bits per heavy atom. The zero-order chi connectivity index (χ0) is 26.6. The van der Waals surface area contributed by atoms with Gasteiger partial charge in [0.05, 0.1) is 28.7 Å². The van der Waals surface area contributed by atoms with Crippen molar-refractivity contribution >= 4 is 43.6 Å². The summed E-state index contributed by atoms with van der Waals surface area (Å²) >= 11 is 0. The number of fused-ring (bicyclic) bond motifs is 6. The van der Waals surface area contributed by atoms with Crippen LogP contribution in [0.4, 0.5) is 0 Å². The summed E-state index contributed by atoms with van der Waals surface area (Å²) in [5.74, 6) is 0. The average molecular weight is 512 g/mol. The highest BCUT2D eigenvalue weighted by Crippen LogP contribution is 2.42. The Hall–Kier alpha value is -5.33. The lowest BCUT2D eigenvalue weighted by molar-refractivity contribution is 0.637. The molecule has 7 aromatic rings. The third-order valence-corrected chi connectivity index (χ3v) is 8.27. The molecule has 0 saturated carbocycles. The summed E-state index contributed by atoms with van der Waals surface area (Å²) in [6, 6.07) is 43.9. The molecular formula is C37H25N3. The number of hydrogen-bond donors (Lipinski definition) is 0. The summed E-state index contributed by atoms with van der Waals surface area (Å²) in [6.45, 7) is 0. The molecule has 1 aliphatic carbocycles. The van der Waals surface area contributed by atoms with Crippen LogP contribution in [-0.2, 0) is 0 Å². The fourth-order valence-corrected chi connectivity index (χ4v) is 6.56. The number of para-hydroxylation sites is 3. The van der Waals surface area contributed by atoms with E-state index in [2.05, 4.69) is 137 Å². The van der Waals surface area contributed by atoms with Crippen LogP contribution < -0.4 is 0 Å². The van der Waals surface area contributed by atoms with Crippen molar-refractivity contribution in [1.82, 2.24) is 9.13 Å². The minimum Gasteiger partial charge on any atom is -0.333 e. The lowest BCUT2D eigenvalue weighted by Gasteiger charge is -2.20. The quantitative estimate of drug-likeness (QED) is 0.233. The maximum Gasteiger partial charge on any atom is 0.0948 e. The standard InChI is InChI=1S/C37H25N3/c38-24-25-10-8-13-28(22-25)40-34-18-7-5-15-31(34)37-29(16-9-19-36(37)40)26-20-21-35-32(23-26)30-14-4-6-17-33(30)39(35)27-11-2-1-3-12-27/h1-21,23,28H,22H2. The van der Waals surface area contributed by atoms with Crippen molar-refractivity contribution in [2.24, 2.45) is 0 Å². The predicted molar refractivity (Wildman–Crippen MR) is 166 cm³/mol. The summed E-state index contributed by atoms with van der Waals surface area (Å²) in [5, 5.41) is 14.6. The van der Waals surface area contributed by atoms with Crippen molar-refractivity contribution in [3.8, 4) is 22.9 Å². The normalized spacial score (nSPS) is 15.2. The number of benzene rings is 5. The van der Waals surface area contributed by atoms with Crippen LogP contribution in [0, 0.1) is 11.3 Å². The summed E-state index contributed by atoms with van der Waals surface area (Å²) in [7, 11) is 0. The molecule has 1 aliphatic rings. The molecule has 0 bridgehead atoms. The van der Waals surface area contributed by atoms with Crippen LogP contribution in [0.2, 0.25) is 0 Å². The van der Waals surface area contributed by atoms with E-state index in [-0.39, 0.29) is 6.04 Å². The zero-order valence-corrected chi connectivity index (χ0v) is 21.8. The van der Waals surface area contributed by atoms with Gasteiger partial charge in [0.15, 0.2) is 0 Å². The van der Waals surface area contributed by atoms with E-state index in [1.54, 1.807) is 0 Å². The molecule has 0 aliphatic heterocycles. The lowest BCUT2D eigenvalue weighted by Crippen LogP contribution is -2.09. The fourth-order valence-electron chi connectivity index (χ4n) is 6.56. The molecule has 40 heavy (non-hydrogen) atoms. The van der Waals surface area contributed by atoms with Gasteiger partial charge in [-0.1, -0.05) is 84.9 Å². The first-order chi connectivity index (χ1) is 19.8. The van der Waals surface area contributed by atoms with Gasteiger partial charge in [0.2, 0.25) is 0 Å². The van der Waals surface area contributed by atoms with E-state index in [0.29, 0.717) is 6.42 Å². The molecule has 8 rings (SSSR count). The number of rotatable bonds is 3. The van der Waals surface area contributed by atoms with Gasteiger partial charge in [-0.15, -0.1) is 0 Å². The van der Waals surface area contributed by atoms with Crippen LogP contribution in [0.3, 0.4) is 0 Å². The molecule has 1 atom stereocenters. The van der Waals surface area contributed by atoms with E-state index < -0.39 is 0 Å². The molecule has 188 valence electrons. The predicted octanol–water partition coefficient (Wildman–Crippen LogP) is 9.51. The van der Waals surface area contributed by atoms with Crippen molar-refractivity contribution in [3.05, 3.63) is 139 Å². The minimum atomic E-state index is 0.101. The van der Waals surface area contributed by atoms with Gasteiger partial charge in [-0.05, 0) is 59.7 Å². The number of nitriles is 1. The highest BCUT2D eigenvalue weighted by molar-refractivity contribution is 6.16. The van der Waals surface area contributed by atoms with Gasteiger partial charge in [-0.25, -0.2) is 0 Å². The molecule has 5 aromatic carbocycles. The molecule has 0 radical (unpaired) electrons. The second-order valence-electron chi connectivity index (χ2n) is 10.5. The van der Waals surface area contributed by atoms with Gasteiger partial charge >= 0.3 is 0 Å². The average Bonchev–Trinajstić information content (AvgIpc) is 3.54. The molecule has 2 aromatic heterocycles. The number of nitrogens with zero attached hydrogens (tertiary/aromatic N) is 3. The van der Waals surface area contributed by atoms with E-state index in [4.69, 9.17) is 0 Å². The molecule has 0 saturated heterocycles. The van der Waals surface area contributed by atoms with Crippen molar-refractivity contribution in [2.45, 2.75) is 12.5 Å². The highest BCUT2D eigenvalue weighted by atomic mass is 15.0. The van der Waals surface area contributed by atoms with Gasteiger partial charge in [0.25, 0.3) is 0 Å². The van der Waals surface area contributed by atoms with Crippen molar-refractivity contribution in [2.75, 3.05) is 0 Å². The first-order valence-corrected chi connectivity index (χ1v) is 13.7. The highest BCUT2D eigenvalue weighted by Gasteiger charge is 2.21. The first-order valence-electron chi connectivity index (χ1n) is 13.7. The van der Waals surface area contributed by atoms with Crippen LogP contribution in [0.5, 0.6) is 0 Å². The van der Waals surface area contributed by atoms with Crippen molar-refractivity contribution < 1.29 is 0 Å². The van der Waals surface area contributed by atoms with E-state index >= 15 is 0 Å². The third kappa shape index (κ3) is 3.30. The van der Waals surface area contributed by atoms with Gasteiger partial charge < -0.3 is 9.13 Å². The van der Waals surface area contributed by atoms with Crippen LogP contribution >= 0.6 is 0 Å². The fraction of sp³-hybridized carbons (Fsp3) is 0.0541. The Labute approximate surface area is 232 Å². The molecule has 0 fully saturated rings. The Morgan fingerprint density at radius 1 is 0.650 bits per heavy atom. The maximum atomic E-state index is 9.60. The molecule has 3 nitrogen and oxygen atoms in total. The summed E-state index contributed by atoms with van der Waals surface area (Å²) in [6.07, 6.45) is 6.87. The molecule has 0 N–H and O–H groups in total. The monoisotopic (exact) mass is 511 g/mol. The van der Waals surface area contributed by atoms with Gasteiger partial charge in [-0.2, -0.15) is 5.26 Å². The summed E-state index contributed by atoms with van der Waals surface area (Å²) in [4.78, 5) is 0. The van der Waals surface area contributed by atoms with Crippen LogP contribution in [-0.4, -0.2) is 9.13 Å². The second-order valence-corrected chi connectivity index (χ2v) is 10.5. The zero-order valence-electron chi connectivity index (χ0n) is 21.8. The smallest absolute Gasteiger partial charge is 0.0948 e. The SMILES string of the molecule is N#CC1=CC=CC(n2c3ccccc3c3c(-c4ccc5c(c4)c4ccccc4n5-c4ccccc4)cccc32)C1. The van der Waals surface area contributed by atoms with Gasteiger partial charge in [0.1, 0.15) is 0 Å². The molecule has 1 unspecified atom stereocenters. The van der Waals surface area contributed by atoms with Crippen molar-refractivity contribution in [1.29, 1.82) is 5.26 Å². The third-order valence-electron chi connectivity index (χ3n) is 8.27. The van der Waals surface area contributed by atoms with Gasteiger partial charge in [-0.3, -0.25) is 0 Å². The molecule has 2 heterocycles. The van der Waals surface area contributed by atoms with E-state index in [0.717, 1.165) is 11.3 Å². The van der Waals surface area contributed by atoms with Gasteiger partial charge in [0, 0.05) is 44.7 Å². The Morgan fingerprint density at radius 3 is 2.23 bits per heavy atom. The van der Waals surface area contributed by atoms with Crippen LogP contribution in [0.25, 0.3) is 60.4 Å². The number of hydrogen-bond acceptors (Lipinski definition) is 1. The van der Waals surface area contributed by atoms with E-state index in [9.17, 15) is 5.26 Å². The van der Waals surface area contributed by atoms with Crippen LogP contribution in [0.1, 0.15) is 12.5 Å². The molecular weight excluding hydrogens is 486 g/mol. The molecule has 0 spiro atoms.